The first-order valence-electron chi connectivity index (χ1n) is 5.69. The minimum atomic E-state index is -0.135. The molecule has 1 heterocycles. The zero-order chi connectivity index (χ0) is 13.1. The molecular weight excluding hydrogens is 228 g/mol. The minimum Gasteiger partial charge on any atom is -0.388 e. The number of hydrogen-bond acceptors (Lipinski definition) is 3. The number of benzene rings is 1. The van der Waals surface area contributed by atoms with E-state index in [0.717, 1.165) is 11.3 Å². The number of carbonyl (C=O) groups excluding carboxylic acids is 1. The van der Waals surface area contributed by atoms with Crippen molar-refractivity contribution >= 4 is 17.4 Å². The molecule has 0 fully saturated rings. The first-order valence-corrected chi connectivity index (χ1v) is 5.69. The Morgan fingerprint density at radius 1 is 1.33 bits per heavy atom. The second-order valence-corrected chi connectivity index (χ2v) is 4.07. The van der Waals surface area contributed by atoms with Gasteiger partial charge < -0.3 is 10.6 Å². The third-order valence-corrected chi connectivity index (χ3v) is 2.82. The quantitative estimate of drug-likeness (QED) is 0.868. The van der Waals surface area contributed by atoms with E-state index in [1.54, 1.807) is 30.1 Å². The standard InChI is InChI=1S/C13H16N4O/c1-9-8-10(4-5-11(9)14-2)13(18)16-12-6-7-15-17(12)3/h4-8,14H,1-3H3,(H,16,18). The number of amides is 1. The summed E-state index contributed by atoms with van der Waals surface area (Å²) in [6, 6.07) is 7.31. The number of aryl methyl sites for hydroxylation is 2. The van der Waals surface area contributed by atoms with Gasteiger partial charge in [0.25, 0.3) is 5.91 Å². The summed E-state index contributed by atoms with van der Waals surface area (Å²) in [6.07, 6.45) is 1.64. The Bertz CT molecular complexity index is 574. The largest absolute Gasteiger partial charge is 0.388 e. The summed E-state index contributed by atoms with van der Waals surface area (Å²) in [5, 5.41) is 9.88. The molecule has 94 valence electrons. The fraction of sp³-hybridized carbons (Fsp3) is 0.231. The van der Waals surface area contributed by atoms with Gasteiger partial charge in [-0.25, -0.2) is 0 Å². The lowest BCUT2D eigenvalue weighted by Crippen LogP contribution is -2.14. The lowest BCUT2D eigenvalue weighted by Gasteiger charge is -2.08. The van der Waals surface area contributed by atoms with E-state index < -0.39 is 0 Å². The van der Waals surface area contributed by atoms with E-state index in [-0.39, 0.29) is 5.91 Å². The van der Waals surface area contributed by atoms with Gasteiger partial charge in [-0.15, -0.1) is 0 Å². The van der Waals surface area contributed by atoms with Gasteiger partial charge in [-0.2, -0.15) is 5.10 Å². The molecular formula is C13H16N4O. The van der Waals surface area contributed by atoms with E-state index in [2.05, 4.69) is 15.7 Å². The fourth-order valence-corrected chi connectivity index (χ4v) is 1.77. The summed E-state index contributed by atoms with van der Waals surface area (Å²) in [5.41, 5.74) is 2.69. The predicted octanol–water partition coefficient (Wildman–Crippen LogP) is 2.02. The van der Waals surface area contributed by atoms with E-state index in [9.17, 15) is 4.79 Å². The zero-order valence-corrected chi connectivity index (χ0v) is 10.7. The molecule has 5 nitrogen and oxygen atoms in total. The van der Waals surface area contributed by atoms with Crippen LogP contribution < -0.4 is 10.6 Å². The molecule has 0 aliphatic carbocycles. The van der Waals surface area contributed by atoms with E-state index in [0.29, 0.717) is 11.4 Å². The van der Waals surface area contributed by atoms with Gasteiger partial charge in [0, 0.05) is 31.4 Å². The smallest absolute Gasteiger partial charge is 0.256 e. The van der Waals surface area contributed by atoms with Crippen LogP contribution in [0.1, 0.15) is 15.9 Å². The molecule has 18 heavy (non-hydrogen) atoms. The minimum absolute atomic E-state index is 0.135. The first kappa shape index (κ1) is 12.2. The average Bonchev–Trinajstić information content (AvgIpc) is 2.75. The molecule has 2 N–H and O–H groups in total. The predicted molar refractivity (Wildman–Crippen MR) is 71.9 cm³/mol. The highest BCUT2D eigenvalue weighted by atomic mass is 16.1. The van der Waals surface area contributed by atoms with Crippen LogP contribution >= 0.6 is 0 Å². The van der Waals surface area contributed by atoms with Crippen molar-refractivity contribution in [3.8, 4) is 0 Å². The van der Waals surface area contributed by atoms with E-state index >= 15 is 0 Å². The molecule has 1 amide bonds. The molecule has 2 rings (SSSR count). The third-order valence-electron chi connectivity index (χ3n) is 2.82. The van der Waals surface area contributed by atoms with Crippen LogP contribution in [0.2, 0.25) is 0 Å². The SMILES string of the molecule is CNc1ccc(C(=O)Nc2ccnn2C)cc1C. The lowest BCUT2D eigenvalue weighted by molar-refractivity contribution is 0.102. The van der Waals surface area contributed by atoms with Crippen LogP contribution in [0.5, 0.6) is 0 Å². The molecule has 0 saturated carbocycles. The molecule has 0 atom stereocenters. The summed E-state index contributed by atoms with van der Waals surface area (Å²) in [5.74, 6) is 0.541. The van der Waals surface area contributed by atoms with Gasteiger partial charge >= 0.3 is 0 Å². The Morgan fingerprint density at radius 2 is 2.11 bits per heavy atom. The van der Waals surface area contributed by atoms with Crippen molar-refractivity contribution in [1.82, 2.24) is 9.78 Å². The van der Waals surface area contributed by atoms with Gasteiger partial charge in [0.15, 0.2) is 0 Å². The van der Waals surface area contributed by atoms with E-state index in [1.807, 2.05) is 26.1 Å². The van der Waals surface area contributed by atoms with Gasteiger partial charge in [0.2, 0.25) is 0 Å². The van der Waals surface area contributed by atoms with Gasteiger partial charge in [-0.1, -0.05) is 0 Å². The number of aromatic nitrogens is 2. The summed E-state index contributed by atoms with van der Waals surface area (Å²) in [6.45, 7) is 1.96. The van der Waals surface area contributed by atoms with Crippen LogP contribution in [0.3, 0.4) is 0 Å². The molecule has 0 aliphatic heterocycles. The highest BCUT2D eigenvalue weighted by molar-refractivity contribution is 6.04. The number of carbonyl (C=O) groups is 1. The maximum Gasteiger partial charge on any atom is 0.256 e. The van der Waals surface area contributed by atoms with Gasteiger partial charge in [0.05, 0.1) is 6.20 Å². The fourth-order valence-electron chi connectivity index (χ4n) is 1.77. The number of nitrogens with zero attached hydrogens (tertiary/aromatic N) is 2. The molecule has 1 aromatic carbocycles. The monoisotopic (exact) mass is 244 g/mol. The molecule has 0 bridgehead atoms. The molecule has 0 radical (unpaired) electrons. The van der Waals surface area contributed by atoms with E-state index in [1.165, 1.54) is 0 Å². The van der Waals surface area contributed by atoms with Crippen LogP contribution in [0.15, 0.2) is 30.5 Å². The number of anilines is 2. The Kier molecular flexibility index (Phi) is 3.32. The maximum absolute atomic E-state index is 12.0. The summed E-state index contributed by atoms with van der Waals surface area (Å²) in [4.78, 5) is 12.0. The Morgan fingerprint density at radius 3 is 2.67 bits per heavy atom. The Labute approximate surface area is 106 Å². The highest BCUT2D eigenvalue weighted by Gasteiger charge is 2.09. The zero-order valence-electron chi connectivity index (χ0n) is 10.7. The van der Waals surface area contributed by atoms with Crippen molar-refractivity contribution in [2.24, 2.45) is 7.05 Å². The van der Waals surface area contributed by atoms with Crippen molar-refractivity contribution in [2.45, 2.75) is 6.92 Å². The van der Waals surface area contributed by atoms with Crippen molar-refractivity contribution in [3.63, 3.8) is 0 Å². The first-order chi connectivity index (χ1) is 8.61. The summed E-state index contributed by atoms with van der Waals surface area (Å²) in [7, 11) is 3.64. The van der Waals surface area contributed by atoms with Crippen LogP contribution in [0.25, 0.3) is 0 Å². The van der Waals surface area contributed by atoms with Gasteiger partial charge in [-0.05, 0) is 30.7 Å². The summed E-state index contributed by atoms with van der Waals surface area (Å²) < 4.78 is 1.62. The average molecular weight is 244 g/mol. The molecule has 0 aliphatic rings. The van der Waals surface area contributed by atoms with Crippen LogP contribution in [0, 0.1) is 6.92 Å². The summed E-state index contributed by atoms with van der Waals surface area (Å²) >= 11 is 0. The number of nitrogens with one attached hydrogen (secondary N) is 2. The highest BCUT2D eigenvalue weighted by Crippen LogP contribution is 2.16. The van der Waals surface area contributed by atoms with Crippen molar-refractivity contribution in [1.29, 1.82) is 0 Å². The second kappa shape index (κ2) is 4.91. The normalized spacial score (nSPS) is 10.2. The Hall–Kier alpha value is -2.30. The van der Waals surface area contributed by atoms with Crippen molar-refractivity contribution in [3.05, 3.63) is 41.6 Å². The molecule has 0 spiro atoms. The topological polar surface area (TPSA) is 59.0 Å². The Balaban J connectivity index is 2.19. The molecule has 5 heteroatoms. The van der Waals surface area contributed by atoms with Crippen molar-refractivity contribution in [2.75, 3.05) is 17.7 Å². The van der Waals surface area contributed by atoms with Gasteiger partial charge in [0.1, 0.15) is 5.82 Å². The van der Waals surface area contributed by atoms with Crippen LogP contribution in [0.4, 0.5) is 11.5 Å². The van der Waals surface area contributed by atoms with Crippen LogP contribution in [-0.2, 0) is 7.05 Å². The second-order valence-electron chi connectivity index (χ2n) is 4.07. The number of rotatable bonds is 3. The molecule has 1 aromatic heterocycles. The van der Waals surface area contributed by atoms with Gasteiger partial charge in [-0.3, -0.25) is 9.48 Å². The third kappa shape index (κ3) is 2.34. The maximum atomic E-state index is 12.0. The molecule has 0 unspecified atom stereocenters. The number of hydrogen-bond donors (Lipinski definition) is 2. The molecule has 0 saturated heterocycles. The van der Waals surface area contributed by atoms with Crippen molar-refractivity contribution < 1.29 is 4.79 Å². The lowest BCUT2D eigenvalue weighted by atomic mass is 10.1. The van der Waals surface area contributed by atoms with Crippen LogP contribution in [-0.4, -0.2) is 22.7 Å². The molecule has 2 aromatic rings. The van der Waals surface area contributed by atoms with E-state index in [4.69, 9.17) is 0 Å².